The second-order valence-electron chi connectivity index (χ2n) is 4.84. The minimum atomic E-state index is -0.160. The summed E-state index contributed by atoms with van der Waals surface area (Å²) in [5.41, 5.74) is 2.18. The van der Waals surface area contributed by atoms with Crippen LogP contribution in [-0.4, -0.2) is 30.6 Å². The van der Waals surface area contributed by atoms with Gasteiger partial charge in [-0.05, 0) is 50.2 Å². The summed E-state index contributed by atoms with van der Waals surface area (Å²) in [7, 11) is 0. The average molecular weight is 252 g/mol. The number of likely N-dealkylation sites (N-methyl/N-ethyl adjacent to an activating group) is 1. The predicted molar refractivity (Wildman–Crippen MR) is 75.2 cm³/mol. The number of benzene rings is 1. The van der Waals surface area contributed by atoms with Crippen LogP contribution in [-0.2, 0) is 6.54 Å². The Morgan fingerprint density at radius 1 is 1.28 bits per heavy atom. The van der Waals surface area contributed by atoms with Gasteiger partial charge in [-0.1, -0.05) is 19.9 Å². The Kier molecular flexibility index (Phi) is 6.30. The number of halogens is 1. The van der Waals surface area contributed by atoms with Crippen LogP contribution in [0.5, 0.6) is 0 Å². The monoisotopic (exact) mass is 252 g/mol. The molecule has 0 amide bonds. The second kappa shape index (κ2) is 7.49. The van der Waals surface area contributed by atoms with E-state index >= 15 is 0 Å². The van der Waals surface area contributed by atoms with Crippen LogP contribution >= 0.6 is 0 Å². The highest BCUT2D eigenvalue weighted by Crippen LogP contribution is 2.10. The van der Waals surface area contributed by atoms with Gasteiger partial charge in [0, 0.05) is 19.1 Å². The number of nitrogens with zero attached hydrogens (tertiary/aromatic N) is 1. The summed E-state index contributed by atoms with van der Waals surface area (Å²) in [4.78, 5) is 2.40. The fourth-order valence-electron chi connectivity index (χ4n) is 2.08. The van der Waals surface area contributed by atoms with Gasteiger partial charge in [0.2, 0.25) is 0 Å². The van der Waals surface area contributed by atoms with E-state index in [1.54, 1.807) is 6.07 Å². The van der Waals surface area contributed by atoms with Gasteiger partial charge in [0.05, 0.1) is 0 Å². The van der Waals surface area contributed by atoms with Gasteiger partial charge in [0.1, 0.15) is 5.82 Å². The molecule has 0 aliphatic heterocycles. The molecule has 2 nitrogen and oxygen atoms in total. The van der Waals surface area contributed by atoms with Crippen molar-refractivity contribution < 1.29 is 4.39 Å². The van der Waals surface area contributed by atoms with Gasteiger partial charge < -0.3 is 10.2 Å². The molecule has 0 spiro atoms. The minimum Gasteiger partial charge on any atom is -0.309 e. The molecular formula is C15H25FN2. The first-order valence-electron chi connectivity index (χ1n) is 6.77. The van der Waals surface area contributed by atoms with Crippen LogP contribution < -0.4 is 5.32 Å². The van der Waals surface area contributed by atoms with Crippen LogP contribution in [0.4, 0.5) is 4.39 Å². The molecule has 1 aromatic rings. The Labute approximate surface area is 110 Å². The van der Waals surface area contributed by atoms with E-state index in [9.17, 15) is 4.39 Å². The summed E-state index contributed by atoms with van der Waals surface area (Å²) in [6, 6.07) is 5.42. The lowest BCUT2D eigenvalue weighted by Gasteiger charge is -2.23. The maximum atomic E-state index is 13.0. The van der Waals surface area contributed by atoms with Crippen LogP contribution in [0.3, 0.4) is 0 Å². The summed E-state index contributed by atoms with van der Waals surface area (Å²) >= 11 is 0. The zero-order chi connectivity index (χ0) is 13.5. The van der Waals surface area contributed by atoms with E-state index < -0.39 is 0 Å². The molecular weight excluding hydrogens is 227 g/mol. The van der Waals surface area contributed by atoms with Crippen molar-refractivity contribution in [3.8, 4) is 0 Å². The molecule has 0 aliphatic rings. The topological polar surface area (TPSA) is 15.3 Å². The lowest BCUT2D eigenvalue weighted by atomic mass is 10.1. The van der Waals surface area contributed by atoms with Gasteiger partial charge in [-0.15, -0.1) is 0 Å². The van der Waals surface area contributed by atoms with E-state index in [0.29, 0.717) is 6.04 Å². The average Bonchev–Trinajstić information content (AvgIpc) is 2.35. The van der Waals surface area contributed by atoms with Crippen molar-refractivity contribution in [3.63, 3.8) is 0 Å². The maximum absolute atomic E-state index is 13.0. The first-order valence-corrected chi connectivity index (χ1v) is 6.77. The quantitative estimate of drug-likeness (QED) is 0.802. The van der Waals surface area contributed by atoms with E-state index in [1.807, 2.05) is 13.0 Å². The lowest BCUT2D eigenvalue weighted by molar-refractivity contribution is 0.270. The number of hydrogen-bond donors (Lipinski definition) is 1. The minimum absolute atomic E-state index is 0.160. The molecule has 0 aliphatic carbocycles. The van der Waals surface area contributed by atoms with Crippen molar-refractivity contribution in [1.29, 1.82) is 0 Å². The van der Waals surface area contributed by atoms with Crippen LogP contribution in [0.1, 0.15) is 31.9 Å². The Morgan fingerprint density at radius 3 is 2.50 bits per heavy atom. The van der Waals surface area contributed by atoms with E-state index in [2.05, 4.69) is 31.0 Å². The molecule has 3 heteroatoms. The first-order chi connectivity index (χ1) is 8.56. The van der Waals surface area contributed by atoms with Crippen LogP contribution in [0.25, 0.3) is 0 Å². The van der Waals surface area contributed by atoms with E-state index in [-0.39, 0.29) is 5.82 Å². The Hall–Kier alpha value is -0.930. The SMILES string of the molecule is CCN(CC)CC(C)NCc1ccc(F)cc1C. The van der Waals surface area contributed by atoms with Crippen molar-refractivity contribution in [2.45, 2.75) is 40.3 Å². The molecule has 102 valence electrons. The van der Waals surface area contributed by atoms with Crippen LogP contribution in [0.2, 0.25) is 0 Å². The number of nitrogens with one attached hydrogen (secondary N) is 1. The molecule has 0 heterocycles. The molecule has 0 radical (unpaired) electrons. The summed E-state index contributed by atoms with van der Waals surface area (Å²) < 4.78 is 13.0. The smallest absolute Gasteiger partial charge is 0.123 e. The highest BCUT2D eigenvalue weighted by Gasteiger charge is 2.07. The predicted octanol–water partition coefficient (Wildman–Crippen LogP) is 2.95. The third kappa shape index (κ3) is 4.75. The van der Waals surface area contributed by atoms with E-state index in [4.69, 9.17) is 0 Å². The van der Waals surface area contributed by atoms with Crippen molar-refractivity contribution in [1.82, 2.24) is 10.2 Å². The van der Waals surface area contributed by atoms with Crippen molar-refractivity contribution in [2.75, 3.05) is 19.6 Å². The third-order valence-electron chi connectivity index (χ3n) is 3.37. The zero-order valence-electron chi connectivity index (χ0n) is 12.0. The fourth-order valence-corrected chi connectivity index (χ4v) is 2.08. The Morgan fingerprint density at radius 2 is 1.94 bits per heavy atom. The lowest BCUT2D eigenvalue weighted by Crippen LogP contribution is -2.38. The molecule has 1 rings (SSSR count). The zero-order valence-corrected chi connectivity index (χ0v) is 12.0. The molecule has 1 unspecified atom stereocenters. The summed E-state index contributed by atoms with van der Waals surface area (Å²) in [6.07, 6.45) is 0. The van der Waals surface area contributed by atoms with Crippen LogP contribution in [0, 0.1) is 12.7 Å². The van der Waals surface area contributed by atoms with Crippen molar-refractivity contribution in [3.05, 3.63) is 35.1 Å². The first kappa shape index (κ1) is 15.1. The normalized spacial score (nSPS) is 13.0. The van der Waals surface area contributed by atoms with Crippen molar-refractivity contribution in [2.24, 2.45) is 0 Å². The Balaban J connectivity index is 2.44. The molecule has 0 saturated heterocycles. The van der Waals surface area contributed by atoms with E-state index in [1.165, 1.54) is 11.6 Å². The van der Waals surface area contributed by atoms with Gasteiger partial charge in [-0.25, -0.2) is 4.39 Å². The standard InChI is InChI=1S/C15H25FN2/c1-5-18(6-2)11-13(4)17-10-14-7-8-15(16)9-12(14)3/h7-9,13,17H,5-6,10-11H2,1-4H3. The maximum Gasteiger partial charge on any atom is 0.123 e. The molecule has 0 bridgehead atoms. The van der Waals surface area contributed by atoms with Gasteiger partial charge in [0.25, 0.3) is 0 Å². The molecule has 0 aromatic heterocycles. The van der Waals surface area contributed by atoms with Crippen molar-refractivity contribution >= 4 is 0 Å². The van der Waals surface area contributed by atoms with Crippen LogP contribution in [0.15, 0.2) is 18.2 Å². The molecule has 0 saturated carbocycles. The van der Waals surface area contributed by atoms with Gasteiger partial charge in [-0.2, -0.15) is 0 Å². The molecule has 18 heavy (non-hydrogen) atoms. The molecule has 1 atom stereocenters. The number of aryl methyl sites for hydroxylation is 1. The van der Waals surface area contributed by atoms with Gasteiger partial charge >= 0.3 is 0 Å². The second-order valence-corrected chi connectivity index (χ2v) is 4.84. The highest BCUT2D eigenvalue weighted by molar-refractivity contribution is 5.26. The largest absolute Gasteiger partial charge is 0.309 e. The van der Waals surface area contributed by atoms with E-state index in [0.717, 1.165) is 31.7 Å². The third-order valence-corrected chi connectivity index (χ3v) is 3.37. The fraction of sp³-hybridized carbons (Fsp3) is 0.600. The molecule has 1 N–H and O–H groups in total. The summed E-state index contributed by atoms with van der Waals surface area (Å²) in [5.74, 6) is -0.160. The number of rotatable bonds is 7. The van der Waals surface area contributed by atoms with Gasteiger partial charge in [-0.3, -0.25) is 0 Å². The number of hydrogen-bond acceptors (Lipinski definition) is 2. The van der Waals surface area contributed by atoms with Gasteiger partial charge in [0.15, 0.2) is 0 Å². The summed E-state index contributed by atoms with van der Waals surface area (Å²) in [6.45, 7) is 12.5. The molecule has 1 aromatic carbocycles. The Bertz CT molecular complexity index is 362. The summed E-state index contributed by atoms with van der Waals surface area (Å²) in [5, 5.41) is 3.49. The highest BCUT2D eigenvalue weighted by atomic mass is 19.1. The molecule has 0 fully saturated rings.